The van der Waals surface area contributed by atoms with Crippen LogP contribution in [0, 0.1) is 11.7 Å². The maximum atomic E-state index is 5.98. The fourth-order valence-electron chi connectivity index (χ4n) is 4.38. The summed E-state index contributed by atoms with van der Waals surface area (Å²) in [5.41, 5.74) is 7.73. The normalized spacial score (nSPS) is 16.2. The standard InChI is InChI=1S/C24H23N3S/c1-18-7-6-10-21(15-18)27-23-12-5-4-11-22(23)26(24(27)28)17-25-14-13-19-8-2-3-9-20(19)16-25/h2-12,15H,13-14,16-17H2,1H3/p+1. The molecule has 4 aromatic rings. The molecule has 1 unspecified atom stereocenters. The molecule has 0 aliphatic carbocycles. The van der Waals surface area contributed by atoms with Gasteiger partial charge in [-0.3, -0.25) is 9.13 Å². The van der Waals surface area contributed by atoms with E-state index in [9.17, 15) is 0 Å². The molecule has 0 saturated heterocycles. The van der Waals surface area contributed by atoms with Gasteiger partial charge in [-0.1, -0.05) is 48.5 Å². The van der Waals surface area contributed by atoms with Crippen molar-refractivity contribution in [1.29, 1.82) is 0 Å². The number of hydrogen-bond acceptors (Lipinski definition) is 1. The Morgan fingerprint density at radius 1 is 0.893 bits per heavy atom. The number of quaternary nitrogens is 1. The van der Waals surface area contributed by atoms with Crippen LogP contribution in [0.1, 0.15) is 16.7 Å². The first-order valence-electron chi connectivity index (χ1n) is 9.88. The Kier molecular flexibility index (Phi) is 4.38. The summed E-state index contributed by atoms with van der Waals surface area (Å²) in [6.45, 7) is 5.22. The minimum atomic E-state index is 0.873. The first kappa shape index (κ1) is 17.4. The lowest BCUT2D eigenvalue weighted by Gasteiger charge is -2.26. The van der Waals surface area contributed by atoms with Crippen LogP contribution in [0.5, 0.6) is 0 Å². The van der Waals surface area contributed by atoms with Gasteiger partial charge in [0.15, 0.2) is 11.4 Å². The smallest absolute Gasteiger partial charge is 0.189 e. The van der Waals surface area contributed by atoms with Crippen molar-refractivity contribution in [3.05, 3.63) is 94.3 Å². The average Bonchev–Trinajstić information content (AvgIpc) is 2.99. The molecule has 0 saturated carbocycles. The van der Waals surface area contributed by atoms with Gasteiger partial charge in [0.2, 0.25) is 0 Å². The molecule has 2 heterocycles. The van der Waals surface area contributed by atoms with Crippen molar-refractivity contribution in [2.45, 2.75) is 26.6 Å². The molecule has 0 amide bonds. The van der Waals surface area contributed by atoms with Gasteiger partial charge < -0.3 is 4.90 Å². The molecule has 1 aliphatic heterocycles. The second-order valence-corrected chi connectivity index (χ2v) is 8.09. The molecule has 1 aromatic heterocycles. The highest BCUT2D eigenvalue weighted by molar-refractivity contribution is 7.71. The molecular formula is C24H24N3S+. The van der Waals surface area contributed by atoms with E-state index in [1.54, 1.807) is 4.90 Å². The van der Waals surface area contributed by atoms with Crippen LogP contribution in [-0.4, -0.2) is 15.7 Å². The zero-order valence-electron chi connectivity index (χ0n) is 16.1. The quantitative estimate of drug-likeness (QED) is 0.524. The van der Waals surface area contributed by atoms with Crippen LogP contribution in [0.3, 0.4) is 0 Å². The number of fused-ring (bicyclic) bond motifs is 2. The van der Waals surface area contributed by atoms with E-state index in [2.05, 4.69) is 88.9 Å². The molecule has 1 N–H and O–H groups in total. The van der Waals surface area contributed by atoms with E-state index in [1.165, 1.54) is 27.7 Å². The fraction of sp³-hybridized carbons (Fsp3) is 0.208. The zero-order valence-corrected chi connectivity index (χ0v) is 16.9. The largest absolute Gasteiger partial charge is 0.313 e. The highest BCUT2D eigenvalue weighted by Crippen LogP contribution is 2.23. The number of imidazole rings is 1. The van der Waals surface area contributed by atoms with Gasteiger partial charge in [0.25, 0.3) is 0 Å². The third kappa shape index (κ3) is 2.99. The number of para-hydroxylation sites is 2. The molecule has 3 nitrogen and oxygen atoms in total. The Balaban J connectivity index is 1.58. The topological polar surface area (TPSA) is 14.3 Å². The maximum absolute atomic E-state index is 5.98. The highest BCUT2D eigenvalue weighted by atomic mass is 32.1. The first-order valence-corrected chi connectivity index (χ1v) is 10.3. The second-order valence-electron chi connectivity index (χ2n) is 7.73. The van der Waals surface area contributed by atoms with Gasteiger partial charge in [-0.05, 0) is 54.5 Å². The Labute approximate surface area is 170 Å². The highest BCUT2D eigenvalue weighted by Gasteiger charge is 2.21. The lowest BCUT2D eigenvalue weighted by Crippen LogP contribution is -3.11. The van der Waals surface area contributed by atoms with Crippen LogP contribution in [0.4, 0.5) is 0 Å². The molecule has 4 heteroatoms. The number of hydrogen-bond donors (Lipinski definition) is 1. The van der Waals surface area contributed by atoms with E-state index in [4.69, 9.17) is 12.2 Å². The minimum absolute atomic E-state index is 0.873. The molecular weight excluding hydrogens is 362 g/mol. The van der Waals surface area contributed by atoms with Crippen LogP contribution < -0.4 is 4.90 Å². The van der Waals surface area contributed by atoms with Gasteiger partial charge in [0.1, 0.15) is 6.54 Å². The third-order valence-electron chi connectivity index (χ3n) is 5.78. The minimum Gasteiger partial charge on any atom is -0.313 e. The summed E-state index contributed by atoms with van der Waals surface area (Å²) in [7, 11) is 0. The summed E-state index contributed by atoms with van der Waals surface area (Å²) >= 11 is 5.98. The first-order chi connectivity index (χ1) is 13.7. The van der Waals surface area contributed by atoms with Crippen molar-refractivity contribution < 1.29 is 4.90 Å². The van der Waals surface area contributed by atoms with E-state index in [-0.39, 0.29) is 0 Å². The van der Waals surface area contributed by atoms with Gasteiger partial charge in [0.05, 0.1) is 17.6 Å². The lowest BCUT2D eigenvalue weighted by molar-refractivity contribution is -0.938. The second kappa shape index (κ2) is 7.04. The number of rotatable bonds is 3. The van der Waals surface area contributed by atoms with E-state index in [0.717, 1.165) is 36.6 Å². The van der Waals surface area contributed by atoms with Crippen molar-refractivity contribution in [3.8, 4) is 5.69 Å². The monoisotopic (exact) mass is 386 g/mol. The molecule has 0 bridgehead atoms. The maximum Gasteiger partial charge on any atom is 0.189 e. The van der Waals surface area contributed by atoms with E-state index < -0.39 is 0 Å². The molecule has 5 rings (SSSR count). The SMILES string of the molecule is Cc1cccc(-n2c(=S)n(C[NH+]3CCc4ccccc4C3)c3ccccc32)c1. The summed E-state index contributed by atoms with van der Waals surface area (Å²) in [5, 5.41) is 0. The van der Waals surface area contributed by atoms with Gasteiger partial charge in [0, 0.05) is 17.7 Å². The van der Waals surface area contributed by atoms with Gasteiger partial charge >= 0.3 is 0 Å². The van der Waals surface area contributed by atoms with Crippen LogP contribution in [0.15, 0.2) is 72.8 Å². The Hall–Kier alpha value is -2.69. The third-order valence-corrected chi connectivity index (χ3v) is 6.19. The van der Waals surface area contributed by atoms with E-state index in [1.807, 2.05) is 0 Å². The van der Waals surface area contributed by atoms with Crippen molar-refractivity contribution in [3.63, 3.8) is 0 Å². The van der Waals surface area contributed by atoms with Crippen LogP contribution in [-0.2, 0) is 19.6 Å². The summed E-state index contributed by atoms with van der Waals surface area (Å²) < 4.78 is 5.41. The summed E-state index contributed by atoms with van der Waals surface area (Å²) in [6, 6.07) is 26.0. The average molecular weight is 387 g/mol. The molecule has 0 fully saturated rings. The number of aryl methyl sites for hydroxylation is 1. The molecule has 0 radical (unpaired) electrons. The van der Waals surface area contributed by atoms with Gasteiger partial charge in [-0.15, -0.1) is 0 Å². The molecule has 1 atom stereocenters. The lowest BCUT2D eigenvalue weighted by atomic mass is 10.0. The van der Waals surface area contributed by atoms with Gasteiger partial charge in [-0.25, -0.2) is 0 Å². The number of nitrogens with one attached hydrogen (secondary N) is 1. The Bertz CT molecular complexity index is 1220. The van der Waals surface area contributed by atoms with Gasteiger partial charge in [-0.2, -0.15) is 0 Å². The van der Waals surface area contributed by atoms with Crippen molar-refractivity contribution in [2.24, 2.45) is 0 Å². The fourth-order valence-corrected chi connectivity index (χ4v) is 4.75. The predicted molar refractivity (Wildman–Crippen MR) is 117 cm³/mol. The molecule has 28 heavy (non-hydrogen) atoms. The summed E-state index contributed by atoms with van der Waals surface area (Å²) in [6.07, 6.45) is 1.13. The molecule has 0 spiro atoms. The molecule has 3 aromatic carbocycles. The number of aromatic nitrogens is 2. The van der Waals surface area contributed by atoms with Crippen LogP contribution in [0.25, 0.3) is 16.7 Å². The van der Waals surface area contributed by atoms with Crippen molar-refractivity contribution in [2.75, 3.05) is 6.54 Å². The van der Waals surface area contributed by atoms with E-state index >= 15 is 0 Å². The predicted octanol–water partition coefficient (Wildman–Crippen LogP) is 4.07. The van der Waals surface area contributed by atoms with Crippen molar-refractivity contribution >= 4 is 23.3 Å². The number of benzene rings is 3. The Morgan fingerprint density at radius 2 is 1.64 bits per heavy atom. The summed E-state index contributed by atoms with van der Waals surface area (Å²) in [5.74, 6) is 0. The van der Waals surface area contributed by atoms with Crippen molar-refractivity contribution in [1.82, 2.24) is 9.13 Å². The summed E-state index contributed by atoms with van der Waals surface area (Å²) in [4.78, 5) is 1.56. The Morgan fingerprint density at radius 3 is 2.46 bits per heavy atom. The van der Waals surface area contributed by atoms with Crippen LogP contribution in [0.2, 0.25) is 0 Å². The number of nitrogens with zero attached hydrogens (tertiary/aromatic N) is 2. The molecule has 1 aliphatic rings. The van der Waals surface area contributed by atoms with E-state index in [0.29, 0.717) is 0 Å². The molecule has 140 valence electrons. The zero-order chi connectivity index (χ0) is 19.1. The van der Waals surface area contributed by atoms with Crippen LogP contribution >= 0.6 is 12.2 Å².